The van der Waals surface area contributed by atoms with Gasteiger partial charge >= 0.3 is 5.97 Å². The van der Waals surface area contributed by atoms with Crippen molar-refractivity contribution in [2.45, 2.75) is 19.8 Å². The van der Waals surface area contributed by atoms with E-state index >= 15 is 0 Å². The number of hydrogen-bond donors (Lipinski definition) is 1. The minimum absolute atomic E-state index is 0.00733. The van der Waals surface area contributed by atoms with E-state index in [4.69, 9.17) is 4.74 Å². The van der Waals surface area contributed by atoms with Crippen molar-refractivity contribution in [1.82, 2.24) is 5.32 Å². The monoisotopic (exact) mass is 197 g/mol. The normalized spacial score (nSPS) is 20.4. The molecule has 14 heavy (non-hydrogen) atoms. The Bertz CT molecular complexity index is 260. The Kier molecular flexibility index (Phi) is 3.68. The molecule has 0 bridgehead atoms. The predicted octanol–water partition coefficient (Wildman–Crippen LogP) is 0.632. The number of nitrogens with one attached hydrogen (secondary N) is 1. The molecule has 1 aliphatic rings. The minimum Gasteiger partial charge on any atom is -0.462 e. The Morgan fingerprint density at radius 2 is 2.43 bits per heavy atom. The lowest BCUT2D eigenvalue weighted by atomic mass is 10.1. The zero-order chi connectivity index (χ0) is 10.6. The van der Waals surface area contributed by atoms with Crippen LogP contribution in [0.3, 0.4) is 0 Å². The summed E-state index contributed by atoms with van der Waals surface area (Å²) in [5.74, 6) is -0.312. The van der Waals surface area contributed by atoms with Gasteiger partial charge in [0.05, 0.1) is 6.61 Å². The second-order valence-electron chi connectivity index (χ2n) is 3.48. The van der Waals surface area contributed by atoms with Crippen molar-refractivity contribution >= 4 is 11.9 Å². The van der Waals surface area contributed by atoms with Gasteiger partial charge in [0.15, 0.2) is 0 Å². The first-order chi connectivity index (χ1) is 6.61. The van der Waals surface area contributed by atoms with Gasteiger partial charge in [0, 0.05) is 18.0 Å². The molecule has 0 saturated carbocycles. The van der Waals surface area contributed by atoms with Crippen molar-refractivity contribution in [3.05, 3.63) is 12.2 Å². The van der Waals surface area contributed by atoms with Crippen molar-refractivity contribution in [2.24, 2.45) is 5.92 Å². The van der Waals surface area contributed by atoms with Crippen LogP contribution >= 0.6 is 0 Å². The predicted molar refractivity (Wildman–Crippen MR) is 51.5 cm³/mol. The van der Waals surface area contributed by atoms with Gasteiger partial charge in [0.25, 0.3) is 0 Å². The van der Waals surface area contributed by atoms with Crippen LogP contribution in [0.1, 0.15) is 19.8 Å². The SMILES string of the molecule is C=C(C)C(=O)OCCC1CCNC1=O. The van der Waals surface area contributed by atoms with Gasteiger partial charge in [0.2, 0.25) is 5.91 Å². The molecule has 0 aliphatic carbocycles. The fraction of sp³-hybridized carbons (Fsp3) is 0.600. The van der Waals surface area contributed by atoms with Crippen molar-refractivity contribution in [3.8, 4) is 0 Å². The minimum atomic E-state index is -0.386. The molecule has 0 radical (unpaired) electrons. The summed E-state index contributed by atoms with van der Waals surface area (Å²) >= 11 is 0. The molecule has 1 atom stereocenters. The second-order valence-corrected chi connectivity index (χ2v) is 3.48. The second kappa shape index (κ2) is 4.79. The van der Waals surface area contributed by atoms with E-state index in [1.165, 1.54) is 0 Å². The van der Waals surface area contributed by atoms with Crippen LogP contribution in [-0.2, 0) is 14.3 Å². The fourth-order valence-corrected chi connectivity index (χ4v) is 1.34. The van der Waals surface area contributed by atoms with Crippen LogP contribution in [0.25, 0.3) is 0 Å². The lowest BCUT2D eigenvalue weighted by Crippen LogP contribution is -2.20. The van der Waals surface area contributed by atoms with E-state index in [1.807, 2.05) is 0 Å². The van der Waals surface area contributed by atoms with E-state index in [0.717, 1.165) is 13.0 Å². The van der Waals surface area contributed by atoms with Gasteiger partial charge in [0.1, 0.15) is 0 Å². The summed E-state index contributed by atoms with van der Waals surface area (Å²) < 4.78 is 4.90. The Morgan fingerprint density at radius 1 is 1.71 bits per heavy atom. The van der Waals surface area contributed by atoms with Crippen LogP contribution in [0.5, 0.6) is 0 Å². The Morgan fingerprint density at radius 3 is 2.93 bits per heavy atom. The molecule has 1 N–H and O–H groups in total. The molecule has 0 aromatic carbocycles. The molecule has 0 spiro atoms. The van der Waals surface area contributed by atoms with Gasteiger partial charge < -0.3 is 10.1 Å². The van der Waals surface area contributed by atoms with E-state index in [1.54, 1.807) is 6.92 Å². The smallest absolute Gasteiger partial charge is 0.333 e. The highest BCUT2D eigenvalue weighted by Gasteiger charge is 2.23. The number of amides is 1. The maximum absolute atomic E-state index is 11.1. The van der Waals surface area contributed by atoms with Gasteiger partial charge in [-0.3, -0.25) is 4.79 Å². The number of esters is 1. The van der Waals surface area contributed by atoms with Crippen molar-refractivity contribution in [1.29, 1.82) is 0 Å². The molecule has 4 heteroatoms. The third-order valence-electron chi connectivity index (χ3n) is 2.21. The molecular weight excluding hydrogens is 182 g/mol. The maximum atomic E-state index is 11.1. The molecule has 4 nitrogen and oxygen atoms in total. The van der Waals surface area contributed by atoms with Crippen LogP contribution in [0.4, 0.5) is 0 Å². The molecule has 0 aromatic rings. The van der Waals surface area contributed by atoms with Gasteiger partial charge in [-0.05, 0) is 19.8 Å². The standard InChI is InChI=1S/C10H15NO3/c1-7(2)10(13)14-6-4-8-3-5-11-9(8)12/h8H,1,3-6H2,2H3,(H,11,12). The zero-order valence-electron chi connectivity index (χ0n) is 8.34. The third kappa shape index (κ3) is 2.87. The first-order valence-corrected chi connectivity index (χ1v) is 4.71. The van der Waals surface area contributed by atoms with E-state index < -0.39 is 0 Å². The van der Waals surface area contributed by atoms with E-state index in [-0.39, 0.29) is 17.8 Å². The van der Waals surface area contributed by atoms with E-state index in [2.05, 4.69) is 11.9 Å². The van der Waals surface area contributed by atoms with Gasteiger partial charge in [-0.15, -0.1) is 0 Å². The highest BCUT2D eigenvalue weighted by molar-refractivity contribution is 5.87. The largest absolute Gasteiger partial charge is 0.462 e. The van der Waals surface area contributed by atoms with Gasteiger partial charge in [-0.1, -0.05) is 6.58 Å². The van der Waals surface area contributed by atoms with Crippen LogP contribution < -0.4 is 5.32 Å². The number of carbonyl (C=O) groups excluding carboxylic acids is 2. The topological polar surface area (TPSA) is 55.4 Å². The molecule has 78 valence electrons. The number of ether oxygens (including phenoxy) is 1. The lowest BCUT2D eigenvalue weighted by Gasteiger charge is -2.07. The third-order valence-corrected chi connectivity index (χ3v) is 2.21. The van der Waals surface area contributed by atoms with E-state index in [0.29, 0.717) is 18.6 Å². The molecule has 1 saturated heterocycles. The van der Waals surface area contributed by atoms with Gasteiger partial charge in [-0.2, -0.15) is 0 Å². The molecule has 1 fully saturated rings. The highest BCUT2D eigenvalue weighted by Crippen LogP contribution is 2.13. The molecule has 1 heterocycles. The van der Waals surface area contributed by atoms with Crippen molar-refractivity contribution in [2.75, 3.05) is 13.2 Å². The Hall–Kier alpha value is -1.32. The molecule has 1 unspecified atom stereocenters. The van der Waals surface area contributed by atoms with Crippen LogP contribution in [0, 0.1) is 5.92 Å². The van der Waals surface area contributed by atoms with Crippen molar-refractivity contribution in [3.63, 3.8) is 0 Å². The first kappa shape index (κ1) is 10.8. The number of hydrogen-bond acceptors (Lipinski definition) is 3. The molecule has 1 aliphatic heterocycles. The fourth-order valence-electron chi connectivity index (χ4n) is 1.34. The lowest BCUT2D eigenvalue weighted by molar-refractivity contribution is -0.140. The Labute approximate surface area is 83.3 Å². The summed E-state index contributed by atoms with van der Waals surface area (Å²) in [5.41, 5.74) is 0.390. The average molecular weight is 197 g/mol. The molecule has 1 rings (SSSR count). The summed E-state index contributed by atoms with van der Waals surface area (Å²) in [4.78, 5) is 22.1. The zero-order valence-corrected chi connectivity index (χ0v) is 8.34. The highest BCUT2D eigenvalue weighted by atomic mass is 16.5. The summed E-state index contributed by atoms with van der Waals surface area (Å²) in [6.07, 6.45) is 1.44. The molecule has 0 aromatic heterocycles. The average Bonchev–Trinajstić information content (AvgIpc) is 2.51. The quantitative estimate of drug-likeness (QED) is 0.531. The molecule has 1 amide bonds. The summed E-state index contributed by atoms with van der Waals surface area (Å²) in [6.45, 7) is 6.10. The molecular formula is C10H15NO3. The summed E-state index contributed by atoms with van der Waals surface area (Å²) in [7, 11) is 0. The first-order valence-electron chi connectivity index (χ1n) is 4.71. The Balaban J connectivity index is 2.18. The van der Waals surface area contributed by atoms with E-state index in [9.17, 15) is 9.59 Å². The number of rotatable bonds is 4. The summed E-state index contributed by atoms with van der Waals surface area (Å²) in [6, 6.07) is 0. The van der Waals surface area contributed by atoms with Crippen LogP contribution in [0.2, 0.25) is 0 Å². The van der Waals surface area contributed by atoms with Crippen LogP contribution in [-0.4, -0.2) is 25.0 Å². The maximum Gasteiger partial charge on any atom is 0.333 e. The van der Waals surface area contributed by atoms with Gasteiger partial charge in [-0.25, -0.2) is 4.79 Å². The summed E-state index contributed by atoms with van der Waals surface area (Å²) in [5, 5.41) is 2.73. The number of carbonyl (C=O) groups is 2. The van der Waals surface area contributed by atoms with Crippen LogP contribution in [0.15, 0.2) is 12.2 Å². The van der Waals surface area contributed by atoms with Crippen molar-refractivity contribution < 1.29 is 14.3 Å².